The van der Waals surface area contributed by atoms with Gasteiger partial charge in [-0.25, -0.2) is 4.98 Å². The topological polar surface area (TPSA) is 34.4 Å². The molecule has 0 fully saturated rings. The lowest BCUT2D eigenvalue weighted by atomic mass is 9.98. The molecule has 0 unspecified atom stereocenters. The largest absolute Gasteiger partial charge is 0.309 e. The summed E-state index contributed by atoms with van der Waals surface area (Å²) in [5.74, 6) is 0. The molecule has 0 radical (unpaired) electrons. The van der Waals surface area contributed by atoms with E-state index in [0.717, 1.165) is 65.4 Å². The molecule has 0 N–H and O–H groups in total. The van der Waals surface area contributed by atoms with Gasteiger partial charge in [0.2, 0.25) is 0 Å². The van der Waals surface area contributed by atoms with E-state index in [0.29, 0.717) is 0 Å². The Kier molecular flexibility index (Phi) is 5.78. The predicted octanol–water partition coefficient (Wildman–Crippen LogP) is 9.25. The first kappa shape index (κ1) is 25.9. The number of pyridine rings is 1. The molecule has 9 aromatic rings. The zero-order valence-electron chi connectivity index (χ0n) is 24.3. The van der Waals surface area contributed by atoms with Crippen LogP contribution in [0.5, 0.6) is 0 Å². The Balaban J connectivity index is 1.31. The van der Waals surface area contributed by atoms with Crippen molar-refractivity contribution < 1.29 is 4.57 Å². The van der Waals surface area contributed by atoms with E-state index in [9.17, 15) is 0 Å². The molecule has 9 rings (SSSR count). The molecular weight excluding hydrogens is 567 g/mol. The maximum absolute atomic E-state index is 15.4. The molecule has 0 spiro atoms. The Morgan fingerprint density at radius 2 is 1.07 bits per heavy atom. The highest BCUT2D eigenvalue weighted by Gasteiger charge is 2.31. The highest BCUT2D eigenvalue weighted by Crippen LogP contribution is 2.45. The standard InChI is InChI=1S/C41H27N2OP/c44-45(29-13-3-1-4-14-29,30-15-5-2-6-16-30)40-24-12-21-32-31(20-11-22-35(32)40)28-25-26-37-39(27-28)43-38-23-10-9-18-34(38)33-17-7-8-19-36(33)41(43)42-37/h1-27H. The van der Waals surface area contributed by atoms with Crippen LogP contribution in [0.4, 0.5) is 0 Å². The van der Waals surface area contributed by atoms with Gasteiger partial charge in [-0.05, 0) is 45.5 Å². The molecular formula is C41H27N2OP. The second kappa shape index (κ2) is 10.0. The van der Waals surface area contributed by atoms with Crippen molar-refractivity contribution in [3.8, 4) is 11.1 Å². The first-order valence-corrected chi connectivity index (χ1v) is 16.9. The molecule has 2 aromatic heterocycles. The van der Waals surface area contributed by atoms with Crippen molar-refractivity contribution in [2.75, 3.05) is 0 Å². The van der Waals surface area contributed by atoms with Crippen LogP contribution in [0.25, 0.3) is 60.3 Å². The van der Waals surface area contributed by atoms with Crippen LogP contribution >= 0.6 is 7.14 Å². The van der Waals surface area contributed by atoms with E-state index in [2.05, 4.69) is 95.4 Å². The summed E-state index contributed by atoms with van der Waals surface area (Å²) in [6.07, 6.45) is 0. The van der Waals surface area contributed by atoms with Crippen molar-refractivity contribution in [3.05, 3.63) is 164 Å². The minimum Gasteiger partial charge on any atom is -0.309 e. The molecule has 0 aliphatic rings. The summed E-state index contributed by atoms with van der Waals surface area (Å²) in [7, 11) is -3.16. The summed E-state index contributed by atoms with van der Waals surface area (Å²) < 4.78 is 17.7. The normalized spacial score (nSPS) is 12.1. The fourth-order valence-electron chi connectivity index (χ4n) is 7.00. The van der Waals surface area contributed by atoms with Gasteiger partial charge < -0.3 is 4.57 Å². The van der Waals surface area contributed by atoms with Crippen LogP contribution in [0.1, 0.15) is 0 Å². The summed E-state index contributed by atoms with van der Waals surface area (Å²) in [6, 6.07) is 56.0. The van der Waals surface area contributed by atoms with Crippen LogP contribution in [0.15, 0.2) is 164 Å². The number of hydrogen-bond acceptors (Lipinski definition) is 2. The van der Waals surface area contributed by atoms with Crippen LogP contribution in [0.3, 0.4) is 0 Å². The number of para-hydroxylation sites is 1. The van der Waals surface area contributed by atoms with Gasteiger partial charge >= 0.3 is 0 Å². The average molecular weight is 595 g/mol. The zero-order chi connectivity index (χ0) is 30.0. The number of fused-ring (bicyclic) bond motifs is 9. The lowest BCUT2D eigenvalue weighted by molar-refractivity contribution is 0.592. The number of benzene rings is 7. The third-order valence-corrected chi connectivity index (χ3v) is 12.2. The van der Waals surface area contributed by atoms with Gasteiger partial charge in [0.25, 0.3) is 0 Å². The number of aromatic nitrogens is 2. The molecule has 0 saturated carbocycles. The van der Waals surface area contributed by atoms with Crippen molar-refractivity contribution >= 4 is 72.2 Å². The van der Waals surface area contributed by atoms with Gasteiger partial charge in [-0.15, -0.1) is 0 Å². The van der Waals surface area contributed by atoms with Gasteiger partial charge in [0.1, 0.15) is 5.65 Å². The average Bonchev–Trinajstić information content (AvgIpc) is 3.51. The quantitative estimate of drug-likeness (QED) is 0.150. The SMILES string of the molecule is O=P(c1ccccc1)(c1ccccc1)c1cccc2c(-c3ccc4nc5c6ccccc6c6ccccc6n5c4c3)cccc12. The third kappa shape index (κ3) is 3.84. The van der Waals surface area contributed by atoms with Crippen molar-refractivity contribution in [2.45, 2.75) is 0 Å². The molecule has 2 heterocycles. The number of nitrogens with zero attached hydrogens (tertiary/aromatic N) is 2. The highest BCUT2D eigenvalue weighted by atomic mass is 31.2. The smallest absolute Gasteiger partial charge is 0.171 e. The Bertz CT molecular complexity index is 2580. The van der Waals surface area contributed by atoms with Crippen LogP contribution in [-0.4, -0.2) is 9.38 Å². The van der Waals surface area contributed by atoms with Gasteiger partial charge in [0, 0.05) is 26.7 Å². The van der Waals surface area contributed by atoms with E-state index < -0.39 is 7.14 Å². The molecule has 0 atom stereocenters. The lowest BCUT2D eigenvalue weighted by Crippen LogP contribution is -2.25. The monoisotopic (exact) mass is 594 g/mol. The van der Waals surface area contributed by atoms with Gasteiger partial charge in [0.15, 0.2) is 7.14 Å². The Hall–Kier alpha value is -5.50. The molecule has 45 heavy (non-hydrogen) atoms. The van der Waals surface area contributed by atoms with Crippen LogP contribution < -0.4 is 15.9 Å². The van der Waals surface area contributed by atoms with Crippen molar-refractivity contribution in [2.24, 2.45) is 0 Å². The second-order valence-electron chi connectivity index (χ2n) is 11.5. The van der Waals surface area contributed by atoms with Gasteiger partial charge in [-0.3, -0.25) is 4.40 Å². The summed E-state index contributed by atoms with van der Waals surface area (Å²) in [4.78, 5) is 5.13. The Morgan fingerprint density at radius 1 is 0.467 bits per heavy atom. The Morgan fingerprint density at radius 3 is 1.82 bits per heavy atom. The van der Waals surface area contributed by atoms with Gasteiger partial charge in [-0.1, -0.05) is 146 Å². The second-order valence-corrected chi connectivity index (χ2v) is 14.2. The van der Waals surface area contributed by atoms with E-state index in [1.54, 1.807) is 0 Å². The van der Waals surface area contributed by atoms with Crippen LogP contribution in [-0.2, 0) is 4.57 Å². The van der Waals surface area contributed by atoms with Crippen molar-refractivity contribution in [3.63, 3.8) is 0 Å². The fourth-order valence-corrected chi connectivity index (χ4v) is 9.87. The maximum Gasteiger partial charge on any atom is 0.171 e. The molecule has 0 aliphatic heterocycles. The molecule has 212 valence electrons. The third-order valence-electron chi connectivity index (χ3n) is 9.05. The predicted molar refractivity (Wildman–Crippen MR) is 190 cm³/mol. The molecule has 3 nitrogen and oxygen atoms in total. The van der Waals surface area contributed by atoms with E-state index in [-0.39, 0.29) is 0 Å². The van der Waals surface area contributed by atoms with Gasteiger partial charge in [0.05, 0.1) is 16.6 Å². The molecule has 0 bridgehead atoms. The minimum atomic E-state index is -3.16. The number of hydrogen-bond donors (Lipinski definition) is 0. The fraction of sp³-hybridized carbons (Fsp3) is 0. The molecule has 7 aromatic carbocycles. The number of rotatable bonds is 4. The van der Waals surface area contributed by atoms with E-state index in [4.69, 9.17) is 4.98 Å². The first-order valence-electron chi connectivity index (χ1n) is 15.2. The van der Waals surface area contributed by atoms with Crippen molar-refractivity contribution in [1.82, 2.24) is 9.38 Å². The van der Waals surface area contributed by atoms with E-state index >= 15 is 4.57 Å². The minimum absolute atomic E-state index is 0.834. The molecule has 0 aliphatic carbocycles. The van der Waals surface area contributed by atoms with Crippen LogP contribution in [0, 0.1) is 0 Å². The first-order chi connectivity index (χ1) is 22.2. The van der Waals surface area contributed by atoms with Gasteiger partial charge in [-0.2, -0.15) is 0 Å². The highest BCUT2D eigenvalue weighted by molar-refractivity contribution is 7.85. The van der Waals surface area contributed by atoms with E-state index in [1.807, 2.05) is 72.8 Å². The summed E-state index contributed by atoms with van der Waals surface area (Å²) in [5.41, 5.74) is 6.32. The van der Waals surface area contributed by atoms with E-state index in [1.165, 1.54) is 10.8 Å². The molecule has 4 heteroatoms. The Labute approximate surface area is 260 Å². The lowest BCUT2D eigenvalue weighted by Gasteiger charge is -2.22. The van der Waals surface area contributed by atoms with Crippen molar-refractivity contribution in [1.29, 1.82) is 0 Å². The summed E-state index contributed by atoms with van der Waals surface area (Å²) in [5, 5.41) is 8.15. The molecule has 0 saturated heterocycles. The number of imidazole rings is 1. The zero-order valence-corrected chi connectivity index (χ0v) is 25.2. The maximum atomic E-state index is 15.4. The summed E-state index contributed by atoms with van der Waals surface area (Å²) in [6.45, 7) is 0. The van der Waals surface area contributed by atoms with Crippen LogP contribution in [0.2, 0.25) is 0 Å². The summed E-state index contributed by atoms with van der Waals surface area (Å²) >= 11 is 0. The molecule has 0 amide bonds.